The van der Waals surface area contributed by atoms with Crippen LogP contribution in [0.2, 0.25) is 0 Å². The van der Waals surface area contributed by atoms with Crippen LogP contribution in [0.4, 0.5) is 0 Å². The highest BCUT2D eigenvalue weighted by molar-refractivity contribution is 7.79. The number of aromatic nitrogens is 1. The van der Waals surface area contributed by atoms with Crippen LogP contribution in [0.15, 0.2) is 29.6 Å². The molecule has 1 aromatic heterocycles. The first-order chi connectivity index (χ1) is 9.19. The zero-order valence-electron chi connectivity index (χ0n) is 11.3. The third kappa shape index (κ3) is 4.25. The van der Waals surface area contributed by atoms with E-state index in [1.165, 1.54) is 5.56 Å². The highest BCUT2D eigenvalue weighted by Gasteiger charge is 2.02. The second kappa shape index (κ2) is 6.96. The SMILES string of the molecule is CC(C)c1ccc(OCCc2nc(CS)cs2)cc1. The van der Waals surface area contributed by atoms with E-state index in [4.69, 9.17) is 4.74 Å². The van der Waals surface area contributed by atoms with Gasteiger partial charge in [-0.1, -0.05) is 26.0 Å². The van der Waals surface area contributed by atoms with Crippen molar-refractivity contribution in [2.24, 2.45) is 0 Å². The highest BCUT2D eigenvalue weighted by Crippen LogP contribution is 2.19. The molecule has 0 aliphatic carbocycles. The van der Waals surface area contributed by atoms with Crippen molar-refractivity contribution in [1.29, 1.82) is 0 Å². The molecular weight excluding hydrogens is 274 g/mol. The molecule has 0 fully saturated rings. The summed E-state index contributed by atoms with van der Waals surface area (Å²) in [7, 11) is 0. The molecule has 0 aliphatic heterocycles. The van der Waals surface area contributed by atoms with Crippen LogP contribution >= 0.6 is 24.0 Å². The van der Waals surface area contributed by atoms with Crippen molar-refractivity contribution in [3.8, 4) is 5.75 Å². The van der Waals surface area contributed by atoms with Gasteiger partial charge in [0.05, 0.1) is 17.3 Å². The second-order valence-electron chi connectivity index (χ2n) is 4.71. The van der Waals surface area contributed by atoms with E-state index < -0.39 is 0 Å². The Morgan fingerprint density at radius 1 is 1.26 bits per heavy atom. The van der Waals surface area contributed by atoms with Gasteiger partial charge in [0.25, 0.3) is 0 Å². The predicted molar refractivity (Wildman–Crippen MR) is 84.5 cm³/mol. The number of hydrogen-bond donors (Lipinski definition) is 1. The quantitative estimate of drug-likeness (QED) is 0.801. The van der Waals surface area contributed by atoms with E-state index >= 15 is 0 Å². The summed E-state index contributed by atoms with van der Waals surface area (Å²) in [4.78, 5) is 4.46. The fraction of sp³-hybridized carbons (Fsp3) is 0.400. The van der Waals surface area contributed by atoms with Crippen LogP contribution in [0.1, 0.15) is 36.0 Å². The lowest BCUT2D eigenvalue weighted by Crippen LogP contribution is -2.01. The summed E-state index contributed by atoms with van der Waals surface area (Å²) in [6.07, 6.45) is 0.852. The van der Waals surface area contributed by atoms with Crippen molar-refractivity contribution in [3.63, 3.8) is 0 Å². The Bertz CT molecular complexity index is 505. The molecule has 0 aliphatic rings. The summed E-state index contributed by atoms with van der Waals surface area (Å²) < 4.78 is 5.74. The fourth-order valence-corrected chi connectivity index (χ4v) is 2.81. The minimum absolute atomic E-state index is 0.559. The Morgan fingerprint density at radius 3 is 2.58 bits per heavy atom. The zero-order chi connectivity index (χ0) is 13.7. The van der Waals surface area contributed by atoms with E-state index in [0.29, 0.717) is 18.3 Å². The summed E-state index contributed by atoms with van der Waals surface area (Å²) in [5.41, 5.74) is 2.38. The molecular formula is C15H19NOS2. The Hall–Kier alpha value is -1.00. The normalized spacial score (nSPS) is 10.9. The average Bonchev–Trinajstić information content (AvgIpc) is 2.87. The lowest BCUT2D eigenvalue weighted by Gasteiger charge is -2.08. The van der Waals surface area contributed by atoms with Crippen LogP contribution in [-0.4, -0.2) is 11.6 Å². The lowest BCUT2D eigenvalue weighted by atomic mass is 10.0. The van der Waals surface area contributed by atoms with Gasteiger partial charge in [0.1, 0.15) is 5.75 Å². The van der Waals surface area contributed by atoms with Gasteiger partial charge in [0, 0.05) is 17.6 Å². The Balaban J connectivity index is 1.82. The van der Waals surface area contributed by atoms with Gasteiger partial charge in [0.15, 0.2) is 0 Å². The molecule has 19 heavy (non-hydrogen) atoms. The molecule has 2 aromatic rings. The van der Waals surface area contributed by atoms with E-state index in [1.54, 1.807) is 11.3 Å². The summed E-state index contributed by atoms with van der Waals surface area (Å²) in [6, 6.07) is 8.33. The fourth-order valence-electron chi connectivity index (χ4n) is 1.74. The van der Waals surface area contributed by atoms with Crippen molar-refractivity contribution in [3.05, 3.63) is 45.9 Å². The number of nitrogens with zero attached hydrogens (tertiary/aromatic N) is 1. The molecule has 2 rings (SSSR count). The van der Waals surface area contributed by atoms with E-state index in [9.17, 15) is 0 Å². The van der Waals surface area contributed by atoms with Crippen molar-refractivity contribution < 1.29 is 4.74 Å². The van der Waals surface area contributed by atoms with Crippen molar-refractivity contribution in [2.75, 3.05) is 6.61 Å². The van der Waals surface area contributed by atoms with Gasteiger partial charge in [-0.15, -0.1) is 11.3 Å². The first-order valence-corrected chi connectivity index (χ1v) is 7.97. The van der Waals surface area contributed by atoms with Crippen LogP contribution in [0.5, 0.6) is 5.75 Å². The van der Waals surface area contributed by atoms with Gasteiger partial charge in [-0.3, -0.25) is 0 Å². The minimum Gasteiger partial charge on any atom is -0.493 e. The molecule has 0 saturated heterocycles. The number of benzene rings is 1. The van der Waals surface area contributed by atoms with E-state index in [-0.39, 0.29) is 0 Å². The maximum absolute atomic E-state index is 5.74. The molecule has 0 radical (unpaired) electrons. The predicted octanol–water partition coefficient (Wildman–Crippen LogP) is 4.32. The van der Waals surface area contributed by atoms with Gasteiger partial charge in [-0.25, -0.2) is 4.98 Å². The number of thiazole rings is 1. The van der Waals surface area contributed by atoms with Gasteiger partial charge in [-0.2, -0.15) is 12.6 Å². The standard InChI is InChI=1S/C15H19NOS2/c1-11(2)12-3-5-14(6-4-12)17-8-7-15-16-13(9-18)10-19-15/h3-6,10-11,18H,7-9H2,1-2H3. The van der Waals surface area contributed by atoms with Crippen LogP contribution in [-0.2, 0) is 12.2 Å². The van der Waals surface area contributed by atoms with E-state index in [0.717, 1.165) is 22.9 Å². The maximum Gasteiger partial charge on any atom is 0.119 e. The molecule has 1 aromatic carbocycles. The molecule has 1 heterocycles. The van der Waals surface area contributed by atoms with Crippen LogP contribution < -0.4 is 4.74 Å². The minimum atomic E-state index is 0.559. The molecule has 4 heteroatoms. The van der Waals surface area contributed by atoms with Gasteiger partial charge in [0.2, 0.25) is 0 Å². The molecule has 0 saturated carbocycles. The summed E-state index contributed by atoms with van der Waals surface area (Å²) >= 11 is 5.89. The molecule has 0 bridgehead atoms. The summed E-state index contributed by atoms with van der Waals surface area (Å²) in [5.74, 6) is 2.19. The van der Waals surface area contributed by atoms with Crippen LogP contribution in [0.3, 0.4) is 0 Å². The monoisotopic (exact) mass is 293 g/mol. The molecule has 0 amide bonds. The largest absolute Gasteiger partial charge is 0.493 e. The van der Waals surface area contributed by atoms with Crippen molar-refractivity contribution >= 4 is 24.0 Å². The number of ether oxygens (including phenoxy) is 1. The summed E-state index contributed by atoms with van der Waals surface area (Å²) in [6.45, 7) is 5.05. The first kappa shape index (κ1) is 14.4. The third-order valence-electron chi connectivity index (χ3n) is 2.89. The number of rotatable bonds is 6. The molecule has 2 nitrogen and oxygen atoms in total. The molecule has 0 spiro atoms. The number of thiol groups is 1. The number of hydrogen-bond acceptors (Lipinski definition) is 4. The zero-order valence-corrected chi connectivity index (χ0v) is 13.0. The van der Waals surface area contributed by atoms with E-state index in [1.807, 2.05) is 12.1 Å². The Morgan fingerprint density at radius 2 is 2.00 bits per heavy atom. The van der Waals surface area contributed by atoms with Crippen LogP contribution in [0, 0.1) is 0 Å². The Kier molecular flexibility index (Phi) is 5.28. The molecule has 0 N–H and O–H groups in total. The van der Waals surface area contributed by atoms with Gasteiger partial charge in [-0.05, 0) is 23.6 Å². The van der Waals surface area contributed by atoms with Crippen molar-refractivity contribution in [1.82, 2.24) is 4.98 Å². The molecule has 0 atom stereocenters. The average molecular weight is 293 g/mol. The third-order valence-corrected chi connectivity index (χ3v) is 4.17. The lowest BCUT2D eigenvalue weighted by molar-refractivity contribution is 0.321. The topological polar surface area (TPSA) is 22.1 Å². The highest BCUT2D eigenvalue weighted by atomic mass is 32.1. The Labute approximate surface area is 124 Å². The van der Waals surface area contributed by atoms with Gasteiger partial charge < -0.3 is 4.74 Å². The molecule has 102 valence electrons. The van der Waals surface area contributed by atoms with Crippen molar-refractivity contribution in [2.45, 2.75) is 31.9 Å². The van der Waals surface area contributed by atoms with Crippen LogP contribution in [0.25, 0.3) is 0 Å². The smallest absolute Gasteiger partial charge is 0.119 e. The summed E-state index contributed by atoms with van der Waals surface area (Å²) in [5, 5.41) is 3.17. The second-order valence-corrected chi connectivity index (χ2v) is 5.97. The van der Waals surface area contributed by atoms with E-state index in [2.05, 4.69) is 49.0 Å². The first-order valence-electron chi connectivity index (χ1n) is 6.46. The molecule has 0 unspecified atom stereocenters. The van der Waals surface area contributed by atoms with Gasteiger partial charge >= 0.3 is 0 Å². The maximum atomic E-state index is 5.74.